The number of rotatable bonds is 4. The predicted octanol–water partition coefficient (Wildman–Crippen LogP) is 2.03. The number of hydrogen-bond acceptors (Lipinski definition) is 2. The first-order valence-corrected chi connectivity index (χ1v) is 6.65. The van der Waals surface area contributed by atoms with Crippen molar-refractivity contribution in [3.05, 3.63) is 54.6 Å². The SMILES string of the molecule is C=CC(=O)N1CCN(C/C=C/c2ccccc2)CC1. The van der Waals surface area contributed by atoms with Gasteiger partial charge in [0.15, 0.2) is 0 Å². The molecule has 1 fully saturated rings. The summed E-state index contributed by atoms with van der Waals surface area (Å²) in [5.74, 6) is 0.0412. The van der Waals surface area contributed by atoms with Gasteiger partial charge >= 0.3 is 0 Å². The van der Waals surface area contributed by atoms with Gasteiger partial charge in [-0.05, 0) is 11.6 Å². The van der Waals surface area contributed by atoms with Gasteiger partial charge in [0, 0.05) is 32.7 Å². The highest BCUT2D eigenvalue weighted by Gasteiger charge is 2.17. The zero-order chi connectivity index (χ0) is 13.5. The van der Waals surface area contributed by atoms with Gasteiger partial charge in [-0.15, -0.1) is 0 Å². The normalized spacial score (nSPS) is 16.7. The Hall–Kier alpha value is -1.87. The van der Waals surface area contributed by atoms with Crippen molar-refractivity contribution in [1.82, 2.24) is 9.80 Å². The minimum atomic E-state index is 0.0412. The molecule has 0 aliphatic carbocycles. The number of hydrogen-bond donors (Lipinski definition) is 0. The number of amides is 1. The third-order valence-corrected chi connectivity index (χ3v) is 3.33. The standard InChI is InChI=1S/C16H20N2O/c1-2-16(19)18-13-11-17(12-14-18)10-6-9-15-7-4-3-5-8-15/h2-9H,1,10-14H2/b9-6+. The maximum atomic E-state index is 11.4. The number of nitrogens with zero attached hydrogens (tertiary/aromatic N) is 2. The van der Waals surface area contributed by atoms with Crippen LogP contribution in [-0.4, -0.2) is 48.4 Å². The molecular formula is C16H20N2O. The van der Waals surface area contributed by atoms with Crippen LogP contribution >= 0.6 is 0 Å². The highest BCUT2D eigenvalue weighted by molar-refractivity contribution is 5.87. The average Bonchev–Trinajstić information content (AvgIpc) is 2.48. The molecule has 1 aromatic rings. The van der Waals surface area contributed by atoms with Crippen molar-refractivity contribution in [2.75, 3.05) is 32.7 Å². The van der Waals surface area contributed by atoms with E-state index < -0.39 is 0 Å². The van der Waals surface area contributed by atoms with Crippen molar-refractivity contribution in [2.24, 2.45) is 0 Å². The summed E-state index contributed by atoms with van der Waals surface area (Å²) in [6, 6.07) is 10.3. The van der Waals surface area contributed by atoms with Gasteiger partial charge in [-0.2, -0.15) is 0 Å². The molecule has 0 saturated carbocycles. The van der Waals surface area contributed by atoms with E-state index in [-0.39, 0.29) is 5.91 Å². The second-order valence-electron chi connectivity index (χ2n) is 4.64. The molecule has 3 nitrogen and oxygen atoms in total. The second kappa shape index (κ2) is 6.90. The van der Waals surface area contributed by atoms with Crippen LogP contribution in [0.4, 0.5) is 0 Å². The zero-order valence-electron chi connectivity index (χ0n) is 11.2. The van der Waals surface area contributed by atoms with Crippen LogP contribution in [0.25, 0.3) is 6.08 Å². The van der Waals surface area contributed by atoms with Crippen LogP contribution in [0.15, 0.2) is 49.1 Å². The number of carbonyl (C=O) groups excluding carboxylic acids is 1. The van der Waals surface area contributed by atoms with Crippen molar-refractivity contribution in [2.45, 2.75) is 0 Å². The fourth-order valence-corrected chi connectivity index (χ4v) is 2.18. The Labute approximate surface area is 114 Å². The summed E-state index contributed by atoms with van der Waals surface area (Å²) < 4.78 is 0. The van der Waals surface area contributed by atoms with Crippen LogP contribution < -0.4 is 0 Å². The van der Waals surface area contributed by atoms with E-state index in [1.165, 1.54) is 11.6 Å². The minimum Gasteiger partial charge on any atom is -0.337 e. The van der Waals surface area contributed by atoms with E-state index in [2.05, 4.69) is 35.8 Å². The van der Waals surface area contributed by atoms with Gasteiger partial charge < -0.3 is 4.90 Å². The summed E-state index contributed by atoms with van der Waals surface area (Å²) in [4.78, 5) is 15.7. The Bertz CT molecular complexity index is 445. The van der Waals surface area contributed by atoms with Gasteiger partial charge in [0.05, 0.1) is 0 Å². The van der Waals surface area contributed by atoms with Gasteiger partial charge in [-0.25, -0.2) is 0 Å². The molecule has 0 unspecified atom stereocenters. The molecule has 1 heterocycles. The molecule has 0 spiro atoms. The van der Waals surface area contributed by atoms with Gasteiger partial charge in [0.2, 0.25) is 5.91 Å². The topological polar surface area (TPSA) is 23.6 Å². The van der Waals surface area contributed by atoms with Crippen LogP contribution in [-0.2, 0) is 4.79 Å². The molecule has 0 radical (unpaired) electrons. The van der Waals surface area contributed by atoms with E-state index in [0.29, 0.717) is 0 Å². The minimum absolute atomic E-state index is 0.0412. The third kappa shape index (κ3) is 4.07. The van der Waals surface area contributed by atoms with Crippen molar-refractivity contribution in [3.63, 3.8) is 0 Å². The van der Waals surface area contributed by atoms with Gasteiger partial charge in [0.25, 0.3) is 0 Å². The van der Waals surface area contributed by atoms with E-state index >= 15 is 0 Å². The quantitative estimate of drug-likeness (QED) is 0.770. The highest BCUT2D eigenvalue weighted by Crippen LogP contribution is 2.04. The Kier molecular flexibility index (Phi) is 4.93. The van der Waals surface area contributed by atoms with E-state index in [1.807, 2.05) is 23.1 Å². The molecule has 1 amide bonds. The first kappa shape index (κ1) is 13.6. The summed E-state index contributed by atoms with van der Waals surface area (Å²) >= 11 is 0. The lowest BCUT2D eigenvalue weighted by molar-refractivity contribution is -0.127. The average molecular weight is 256 g/mol. The summed E-state index contributed by atoms with van der Waals surface area (Å²) in [7, 11) is 0. The van der Waals surface area contributed by atoms with E-state index in [9.17, 15) is 4.79 Å². The molecule has 2 rings (SSSR count). The summed E-state index contributed by atoms with van der Waals surface area (Å²) in [6.45, 7) is 7.91. The fraction of sp³-hybridized carbons (Fsp3) is 0.312. The number of benzene rings is 1. The van der Waals surface area contributed by atoms with Crippen molar-refractivity contribution < 1.29 is 4.79 Å². The Balaban J connectivity index is 1.76. The zero-order valence-corrected chi connectivity index (χ0v) is 11.2. The maximum Gasteiger partial charge on any atom is 0.246 e. The lowest BCUT2D eigenvalue weighted by Gasteiger charge is -2.33. The molecule has 1 aromatic carbocycles. The fourth-order valence-electron chi connectivity index (χ4n) is 2.18. The third-order valence-electron chi connectivity index (χ3n) is 3.33. The van der Waals surface area contributed by atoms with Crippen LogP contribution in [0.3, 0.4) is 0 Å². The van der Waals surface area contributed by atoms with Crippen LogP contribution in [0.5, 0.6) is 0 Å². The molecule has 19 heavy (non-hydrogen) atoms. The highest BCUT2D eigenvalue weighted by atomic mass is 16.2. The molecule has 0 atom stereocenters. The molecule has 3 heteroatoms. The van der Waals surface area contributed by atoms with Crippen molar-refractivity contribution in [1.29, 1.82) is 0 Å². The van der Waals surface area contributed by atoms with Gasteiger partial charge in [-0.3, -0.25) is 9.69 Å². The van der Waals surface area contributed by atoms with Crippen molar-refractivity contribution >= 4 is 12.0 Å². The number of piperazine rings is 1. The summed E-state index contributed by atoms with van der Waals surface area (Å²) in [5, 5.41) is 0. The van der Waals surface area contributed by atoms with Gasteiger partial charge in [-0.1, -0.05) is 49.1 Å². The lowest BCUT2D eigenvalue weighted by atomic mass is 10.2. The largest absolute Gasteiger partial charge is 0.337 e. The van der Waals surface area contributed by atoms with Crippen LogP contribution in [0, 0.1) is 0 Å². The Morgan fingerprint density at radius 3 is 2.47 bits per heavy atom. The first-order chi connectivity index (χ1) is 9.29. The summed E-state index contributed by atoms with van der Waals surface area (Å²) in [5.41, 5.74) is 1.22. The molecule has 1 saturated heterocycles. The lowest BCUT2D eigenvalue weighted by Crippen LogP contribution is -2.48. The smallest absolute Gasteiger partial charge is 0.246 e. The first-order valence-electron chi connectivity index (χ1n) is 6.65. The monoisotopic (exact) mass is 256 g/mol. The molecule has 1 aliphatic heterocycles. The van der Waals surface area contributed by atoms with E-state index in [1.54, 1.807) is 0 Å². The van der Waals surface area contributed by atoms with Crippen molar-refractivity contribution in [3.8, 4) is 0 Å². The van der Waals surface area contributed by atoms with E-state index in [0.717, 1.165) is 32.7 Å². The molecule has 0 aromatic heterocycles. The van der Waals surface area contributed by atoms with Crippen LogP contribution in [0.1, 0.15) is 5.56 Å². The van der Waals surface area contributed by atoms with E-state index in [4.69, 9.17) is 0 Å². The molecule has 0 bridgehead atoms. The predicted molar refractivity (Wildman–Crippen MR) is 78.7 cm³/mol. The van der Waals surface area contributed by atoms with Gasteiger partial charge in [0.1, 0.15) is 0 Å². The van der Waals surface area contributed by atoms with Crippen LogP contribution in [0.2, 0.25) is 0 Å². The Morgan fingerprint density at radius 1 is 1.16 bits per heavy atom. The molecule has 100 valence electrons. The maximum absolute atomic E-state index is 11.4. The molecule has 1 aliphatic rings. The Morgan fingerprint density at radius 2 is 1.84 bits per heavy atom. The summed E-state index contributed by atoms with van der Waals surface area (Å²) in [6.07, 6.45) is 5.71. The molecule has 0 N–H and O–H groups in total. The molecular weight excluding hydrogens is 236 g/mol. The second-order valence-corrected chi connectivity index (χ2v) is 4.64. The number of carbonyl (C=O) groups is 1.